The first-order valence-electron chi connectivity index (χ1n) is 8.03. The van der Waals surface area contributed by atoms with Gasteiger partial charge in [0.25, 0.3) is 0 Å². The molecule has 0 heterocycles. The van der Waals surface area contributed by atoms with Gasteiger partial charge in [0.05, 0.1) is 0 Å². The third-order valence-electron chi connectivity index (χ3n) is 5.71. The predicted octanol–water partition coefficient (Wildman–Crippen LogP) is 4.49. The van der Waals surface area contributed by atoms with Gasteiger partial charge in [-0.3, -0.25) is 4.79 Å². The van der Waals surface area contributed by atoms with Gasteiger partial charge in [-0.1, -0.05) is 43.2 Å². The van der Waals surface area contributed by atoms with Gasteiger partial charge in [-0.25, -0.2) is 0 Å². The Kier molecular flexibility index (Phi) is 2.67. The van der Waals surface area contributed by atoms with E-state index in [0.29, 0.717) is 5.78 Å². The van der Waals surface area contributed by atoms with E-state index in [-0.39, 0.29) is 5.41 Å². The Morgan fingerprint density at radius 1 is 1.25 bits per heavy atom. The van der Waals surface area contributed by atoms with E-state index in [1.54, 1.807) is 5.57 Å². The molecule has 0 radical (unpaired) electrons. The highest BCUT2D eigenvalue weighted by Gasteiger charge is 2.50. The fraction of sp³-hybridized carbons (Fsp3) is 0.526. The average Bonchev–Trinajstić information content (AvgIpc) is 2.99. The van der Waals surface area contributed by atoms with Crippen LogP contribution in [0.4, 0.5) is 0 Å². The first-order chi connectivity index (χ1) is 9.70. The van der Waals surface area contributed by atoms with E-state index in [2.05, 4.69) is 31.2 Å². The molecule has 3 aliphatic rings. The fourth-order valence-corrected chi connectivity index (χ4v) is 4.78. The largest absolute Gasteiger partial charge is 0.294 e. The van der Waals surface area contributed by atoms with Gasteiger partial charge < -0.3 is 0 Å². The van der Waals surface area contributed by atoms with E-state index in [1.165, 1.54) is 36.8 Å². The zero-order valence-electron chi connectivity index (χ0n) is 12.2. The molecule has 1 aromatic carbocycles. The van der Waals surface area contributed by atoms with E-state index in [9.17, 15) is 4.79 Å². The smallest absolute Gasteiger partial charge is 0.163 e. The number of aryl methyl sites for hydroxylation is 1. The minimum atomic E-state index is 0.277. The molecule has 2 bridgehead atoms. The molecule has 1 nitrogen and oxygen atoms in total. The number of ketones is 1. The molecule has 2 unspecified atom stereocenters. The summed E-state index contributed by atoms with van der Waals surface area (Å²) >= 11 is 0. The van der Waals surface area contributed by atoms with Crippen LogP contribution < -0.4 is 0 Å². The molecule has 1 spiro atoms. The van der Waals surface area contributed by atoms with Crippen LogP contribution in [0.3, 0.4) is 0 Å². The van der Waals surface area contributed by atoms with Crippen LogP contribution in [0.5, 0.6) is 0 Å². The fourth-order valence-electron chi connectivity index (χ4n) is 4.78. The van der Waals surface area contributed by atoms with Crippen LogP contribution >= 0.6 is 0 Å². The summed E-state index contributed by atoms with van der Waals surface area (Å²) in [6.07, 6.45) is 10.3. The monoisotopic (exact) mass is 266 g/mol. The van der Waals surface area contributed by atoms with Crippen molar-refractivity contribution in [2.45, 2.75) is 51.9 Å². The molecule has 4 rings (SSSR count). The zero-order chi connectivity index (χ0) is 13.7. The first-order valence-corrected chi connectivity index (χ1v) is 8.03. The van der Waals surface area contributed by atoms with Crippen LogP contribution in [0, 0.1) is 11.3 Å². The van der Waals surface area contributed by atoms with Crippen molar-refractivity contribution in [3.05, 3.63) is 46.5 Å². The number of benzene rings is 1. The Hall–Kier alpha value is -1.37. The van der Waals surface area contributed by atoms with E-state index in [0.717, 1.165) is 30.7 Å². The standard InChI is InChI=1S/C19H22O/c1-2-3-13-5-7-17-15(8-13)11-19(12-18(17)20)10-14-4-6-16(19)9-14/h4-5,7-8,16H,2-3,6,9-12H2,1H3. The summed E-state index contributed by atoms with van der Waals surface area (Å²) in [7, 11) is 0. The maximum absolute atomic E-state index is 12.6. The highest BCUT2D eigenvalue weighted by Crippen LogP contribution is 2.58. The summed E-state index contributed by atoms with van der Waals surface area (Å²) in [6.45, 7) is 2.22. The molecule has 1 saturated carbocycles. The maximum Gasteiger partial charge on any atom is 0.163 e. The topological polar surface area (TPSA) is 17.1 Å². The van der Waals surface area contributed by atoms with Gasteiger partial charge in [0.2, 0.25) is 0 Å². The molecule has 1 aromatic rings. The predicted molar refractivity (Wildman–Crippen MR) is 80.9 cm³/mol. The third kappa shape index (κ3) is 1.72. The summed E-state index contributed by atoms with van der Waals surface area (Å²) in [5.41, 5.74) is 5.64. The molecule has 0 aromatic heterocycles. The zero-order valence-corrected chi connectivity index (χ0v) is 12.2. The molecule has 0 saturated heterocycles. The highest BCUT2D eigenvalue weighted by atomic mass is 16.1. The summed E-state index contributed by atoms with van der Waals surface area (Å²) in [5.74, 6) is 1.13. The quantitative estimate of drug-likeness (QED) is 0.721. The number of fused-ring (bicyclic) bond motifs is 4. The lowest BCUT2D eigenvalue weighted by Crippen LogP contribution is -2.36. The van der Waals surface area contributed by atoms with Gasteiger partial charge in [-0.2, -0.15) is 0 Å². The lowest BCUT2D eigenvalue weighted by Gasteiger charge is -2.39. The molecular formula is C19H22O. The molecule has 3 aliphatic carbocycles. The molecule has 2 atom stereocenters. The van der Waals surface area contributed by atoms with Gasteiger partial charge in [0.1, 0.15) is 0 Å². The van der Waals surface area contributed by atoms with Crippen molar-refractivity contribution in [1.29, 1.82) is 0 Å². The van der Waals surface area contributed by atoms with Crippen LogP contribution in [0.1, 0.15) is 60.5 Å². The lowest BCUT2D eigenvalue weighted by molar-refractivity contribution is 0.0824. The number of allylic oxidation sites excluding steroid dienone is 2. The molecule has 0 amide bonds. The Balaban J connectivity index is 1.72. The molecule has 104 valence electrons. The van der Waals surface area contributed by atoms with Crippen molar-refractivity contribution in [2.24, 2.45) is 11.3 Å². The van der Waals surface area contributed by atoms with Crippen molar-refractivity contribution >= 4 is 5.78 Å². The minimum absolute atomic E-state index is 0.277. The van der Waals surface area contributed by atoms with Crippen molar-refractivity contribution in [3.8, 4) is 0 Å². The van der Waals surface area contributed by atoms with E-state index >= 15 is 0 Å². The second-order valence-electron chi connectivity index (χ2n) is 7.06. The summed E-state index contributed by atoms with van der Waals surface area (Å²) in [6, 6.07) is 6.56. The van der Waals surface area contributed by atoms with Gasteiger partial charge >= 0.3 is 0 Å². The van der Waals surface area contributed by atoms with Crippen molar-refractivity contribution < 1.29 is 4.79 Å². The number of rotatable bonds is 2. The van der Waals surface area contributed by atoms with Gasteiger partial charge in [0, 0.05) is 12.0 Å². The number of carbonyl (C=O) groups excluding carboxylic acids is 1. The van der Waals surface area contributed by atoms with Gasteiger partial charge in [0.15, 0.2) is 5.78 Å². The van der Waals surface area contributed by atoms with Crippen LogP contribution in [-0.2, 0) is 12.8 Å². The molecule has 0 N–H and O–H groups in total. The van der Waals surface area contributed by atoms with Crippen molar-refractivity contribution in [3.63, 3.8) is 0 Å². The molecule has 1 heteroatoms. The number of carbonyl (C=O) groups is 1. The second kappa shape index (κ2) is 4.31. The molecule has 1 fully saturated rings. The minimum Gasteiger partial charge on any atom is -0.294 e. The third-order valence-corrected chi connectivity index (χ3v) is 5.71. The summed E-state index contributed by atoms with van der Waals surface area (Å²) in [5, 5.41) is 0. The Labute approximate surface area is 121 Å². The number of Topliss-reactive ketones (excluding diaryl/α,β-unsaturated/α-hetero) is 1. The molecule has 20 heavy (non-hydrogen) atoms. The average molecular weight is 266 g/mol. The second-order valence-corrected chi connectivity index (χ2v) is 7.06. The number of hydrogen-bond donors (Lipinski definition) is 0. The molecular weight excluding hydrogens is 244 g/mol. The summed E-state index contributed by atoms with van der Waals surface area (Å²) < 4.78 is 0. The SMILES string of the molecule is CCCc1ccc2c(c1)CC1(CC2=O)CC2=CCC1C2. The Morgan fingerprint density at radius 3 is 2.85 bits per heavy atom. The van der Waals surface area contributed by atoms with Crippen molar-refractivity contribution in [1.82, 2.24) is 0 Å². The van der Waals surface area contributed by atoms with Gasteiger partial charge in [-0.05, 0) is 54.6 Å². The van der Waals surface area contributed by atoms with Crippen LogP contribution in [0.25, 0.3) is 0 Å². The highest BCUT2D eigenvalue weighted by molar-refractivity contribution is 5.99. The van der Waals surface area contributed by atoms with E-state index < -0.39 is 0 Å². The van der Waals surface area contributed by atoms with E-state index in [4.69, 9.17) is 0 Å². The van der Waals surface area contributed by atoms with Crippen molar-refractivity contribution in [2.75, 3.05) is 0 Å². The van der Waals surface area contributed by atoms with Crippen LogP contribution in [-0.4, -0.2) is 5.78 Å². The van der Waals surface area contributed by atoms with E-state index in [1.807, 2.05) is 0 Å². The lowest BCUT2D eigenvalue weighted by atomic mass is 9.63. The molecule has 0 aliphatic heterocycles. The van der Waals surface area contributed by atoms with Crippen LogP contribution in [0.15, 0.2) is 29.8 Å². The Morgan fingerprint density at radius 2 is 2.15 bits per heavy atom. The number of hydrogen-bond acceptors (Lipinski definition) is 1. The maximum atomic E-state index is 12.6. The Bertz CT molecular complexity index is 610. The summed E-state index contributed by atoms with van der Waals surface area (Å²) in [4.78, 5) is 12.6. The van der Waals surface area contributed by atoms with Gasteiger partial charge in [-0.15, -0.1) is 0 Å². The normalized spacial score (nSPS) is 30.8. The first kappa shape index (κ1) is 12.4. The van der Waals surface area contributed by atoms with Crippen LogP contribution in [0.2, 0.25) is 0 Å².